The summed E-state index contributed by atoms with van der Waals surface area (Å²) in [6.45, 7) is 7.14. The molecule has 3 atom stereocenters. The first-order valence-corrected chi connectivity index (χ1v) is 22.9. The molecule has 6 aromatic rings. The number of amides is 3. The first-order valence-electron chi connectivity index (χ1n) is 22.9. The van der Waals surface area contributed by atoms with E-state index < -0.39 is 24.4 Å². The Bertz CT molecular complexity index is 2810. The largest absolute Gasteiger partial charge is 0.457 e. The Morgan fingerprint density at radius 2 is 1.54 bits per heavy atom. The SMILES string of the molecule is Nc1ncnc2c1c(-c1ccc(Oc3ccccc3)cc1)nn2C1CCN(C(=O)c2ccc(N3CCN(CC4CN(c5ccc6c(c5)C(O)N(C5CCC(=O)NC5=O)C6O)C4)CC3)nn2)CC1. The number of hydrogen-bond acceptors (Lipinski definition) is 16. The molecule has 0 bridgehead atoms. The first kappa shape index (κ1) is 42.6. The van der Waals surface area contributed by atoms with Crippen LogP contribution in [0, 0.1) is 5.92 Å². The van der Waals surface area contributed by atoms with Gasteiger partial charge >= 0.3 is 0 Å². The van der Waals surface area contributed by atoms with Gasteiger partial charge in [0, 0.05) is 93.6 Å². The van der Waals surface area contributed by atoms with Crippen LogP contribution in [0.1, 0.15) is 65.8 Å². The maximum Gasteiger partial charge on any atom is 0.274 e. The fourth-order valence-corrected chi connectivity index (χ4v) is 10.2. The topological polar surface area (TPSA) is 225 Å². The number of rotatable bonds is 10. The number of nitrogens with two attached hydrogens (primary N) is 1. The highest BCUT2D eigenvalue weighted by molar-refractivity contribution is 6.00. The zero-order valence-electron chi connectivity index (χ0n) is 36.8. The third kappa shape index (κ3) is 8.17. The summed E-state index contributed by atoms with van der Waals surface area (Å²) < 4.78 is 7.93. The molecular formula is C48H51N13O6. The van der Waals surface area contributed by atoms with Crippen molar-refractivity contribution in [2.45, 2.75) is 50.2 Å². The molecule has 3 aromatic carbocycles. The number of nitrogens with zero attached hydrogens (tertiary/aromatic N) is 11. The van der Waals surface area contributed by atoms with E-state index in [9.17, 15) is 24.6 Å². The van der Waals surface area contributed by atoms with Crippen LogP contribution in [-0.2, 0) is 9.59 Å². The van der Waals surface area contributed by atoms with Gasteiger partial charge in [0.05, 0.1) is 17.5 Å². The number of aliphatic hydroxyl groups is 2. The highest BCUT2D eigenvalue weighted by Gasteiger charge is 2.45. The number of imide groups is 1. The Hall–Kier alpha value is -7.06. The van der Waals surface area contributed by atoms with Crippen molar-refractivity contribution in [3.05, 3.63) is 108 Å². The minimum Gasteiger partial charge on any atom is -0.457 e. The molecule has 3 amide bonds. The number of carbonyl (C=O) groups excluding carboxylic acids is 3. The molecule has 3 aromatic heterocycles. The number of anilines is 3. The van der Waals surface area contributed by atoms with Crippen LogP contribution < -0.4 is 25.6 Å². The quantitative estimate of drug-likeness (QED) is 0.144. The minimum absolute atomic E-state index is 0.00262. The molecule has 4 fully saturated rings. The summed E-state index contributed by atoms with van der Waals surface area (Å²) in [6, 6.07) is 25.9. The number of piperidine rings is 2. The van der Waals surface area contributed by atoms with Gasteiger partial charge in [-0.3, -0.25) is 24.6 Å². The fourth-order valence-electron chi connectivity index (χ4n) is 10.2. The molecule has 3 unspecified atom stereocenters. The lowest BCUT2D eigenvalue weighted by Gasteiger charge is -2.45. The number of aliphatic hydroxyl groups excluding tert-OH is 2. The van der Waals surface area contributed by atoms with Crippen molar-refractivity contribution in [1.29, 1.82) is 0 Å². The van der Waals surface area contributed by atoms with Crippen LogP contribution in [0.2, 0.25) is 0 Å². The Kier molecular flexibility index (Phi) is 11.2. The third-order valence-electron chi connectivity index (χ3n) is 13.9. The maximum atomic E-state index is 13.7. The van der Waals surface area contributed by atoms with Gasteiger partial charge < -0.3 is 35.4 Å². The van der Waals surface area contributed by atoms with Gasteiger partial charge in [-0.15, -0.1) is 10.2 Å². The molecule has 0 saturated carbocycles. The van der Waals surface area contributed by atoms with E-state index >= 15 is 0 Å². The lowest BCUT2D eigenvalue weighted by Crippen LogP contribution is -2.55. The normalized spacial score (nSPS) is 21.9. The molecular weight excluding hydrogens is 855 g/mol. The van der Waals surface area contributed by atoms with Crippen LogP contribution >= 0.6 is 0 Å². The average Bonchev–Trinajstić information content (AvgIpc) is 3.85. The van der Waals surface area contributed by atoms with E-state index in [4.69, 9.17) is 15.6 Å². The number of hydrogen-bond donors (Lipinski definition) is 4. The predicted octanol–water partition coefficient (Wildman–Crippen LogP) is 3.50. The summed E-state index contributed by atoms with van der Waals surface area (Å²) in [6.07, 6.45) is 0.959. The number of fused-ring (bicyclic) bond motifs is 2. The van der Waals surface area contributed by atoms with Crippen LogP contribution in [-0.4, -0.2) is 138 Å². The van der Waals surface area contributed by atoms with Crippen molar-refractivity contribution >= 4 is 46.1 Å². The number of nitrogen functional groups attached to an aromatic ring is 1. The summed E-state index contributed by atoms with van der Waals surface area (Å²) in [4.78, 5) is 56.9. The molecule has 5 N–H and O–H groups in total. The van der Waals surface area contributed by atoms with Gasteiger partial charge in [-0.1, -0.05) is 24.3 Å². The van der Waals surface area contributed by atoms with E-state index in [1.165, 1.54) is 11.2 Å². The predicted molar refractivity (Wildman–Crippen MR) is 247 cm³/mol. The van der Waals surface area contributed by atoms with E-state index in [2.05, 4.69) is 40.2 Å². The van der Waals surface area contributed by atoms with Gasteiger partial charge in [-0.2, -0.15) is 5.10 Å². The Balaban J connectivity index is 0.651. The number of aromatic nitrogens is 6. The van der Waals surface area contributed by atoms with E-state index in [1.807, 2.05) is 88.4 Å². The van der Waals surface area contributed by atoms with Crippen LogP contribution in [0.4, 0.5) is 17.3 Å². The second-order valence-corrected chi connectivity index (χ2v) is 18.0. The number of carbonyl (C=O) groups is 3. The summed E-state index contributed by atoms with van der Waals surface area (Å²) in [5.74, 6) is 2.08. The van der Waals surface area contributed by atoms with Crippen molar-refractivity contribution in [3.8, 4) is 22.8 Å². The highest BCUT2D eigenvalue weighted by atomic mass is 16.5. The van der Waals surface area contributed by atoms with Gasteiger partial charge in [0.25, 0.3) is 5.91 Å². The lowest BCUT2D eigenvalue weighted by molar-refractivity contribution is -0.154. The van der Waals surface area contributed by atoms with Crippen LogP contribution in [0.3, 0.4) is 0 Å². The van der Waals surface area contributed by atoms with Crippen molar-refractivity contribution < 1.29 is 29.3 Å². The summed E-state index contributed by atoms with van der Waals surface area (Å²) in [7, 11) is 0. The zero-order valence-corrected chi connectivity index (χ0v) is 36.8. The molecule has 19 heteroatoms. The maximum absolute atomic E-state index is 13.7. The monoisotopic (exact) mass is 905 g/mol. The number of piperazine rings is 1. The molecule has 5 aliphatic rings. The van der Waals surface area contributed by atoms with Crippen LogP contribution in [0.5, 0.6) is 11.5 Å². The molecule has 0 radical (unpaired) electrons. The molecule has 344 valence electrons. The molecule has 5 aliphatic heterocycles. The van der Waals surface area contributed by atoms with Gasteiger partial charge in [-0.25, -0.2) is 19.5 Å². The molecule has 0 spiro atoms. The lowest BCUT2D eigenvalue weighted by atomic mass is 9.97. The number of likely N-dealkylation sites (tertiary alicyclic amines) is 1. The van der Waals surface area contributed by atoms with Crippen molar-refractivity contribution in [2.75, 3.05) is 74.4 Å². The summed E-state index contributed by atoms with van der Waals surface area (Å²) in [5.41, 5.74) is 11.1. The molecule has 11 rings (SSSR count). The molecule has 4 saturated heterocycles. The van der Waals surface area contributed by atoms with Crippen LogP contribution in [0.15, 0.2) is 91.3 Å². The van der Waals surface area contributed by atoms with E-state index in [1.54, 1.807) is 6.07 Å². The van der Waals surface area contributed by atoms with Gasteiger partial charge in [0.1, 0.15) is 41.8 Å². The van der Waals surface area contributed by atoms with E-state index in [0.717, 1.165) is 68.6 Å². The van der Waals surface area contributed by atoms with Crippen molar-refractivity contribution in [1.82, 2.24) is 50.0 Å². The molecule has 8 heterocycles. The Morgan fingerprint density at radius 3 is 2.27 bits per heavy atom. The highest BCUT2D eigenvalue weighted by Crippen LogP contribution is 2.44. The van der Waals surface area contributed by atoms with Gasteiger partial charge in [0.2, 0.25) is 11.8 Å². The zero-order chi connectivity index (χ0) is 45.8. The number of nitrogens with one attached hydrogen (secondary N) is 1. The second kappa shape index (κ2) is 17.6. The average molecular weight is 906 g/mol. The number of benzene rings is 3. The van der Waals surface area contributed by atoms with E-state index in [-0.39, 0.29) is 30.7 Å². The smallest absolute Gasteiger partial charge is 0.274 e. The van der Waals surface area contributed by atoms with Gasteiger partial charge in [0.15, 0.2) is 17.2 Å². The Labute approximate surface area is 385 Å². The molecule has 19 nitrogen and oxygen atoms in total. The second-order valence-electron chi connectivity index (χ2n) is 18.0. The fraction of sp³-hybridized carbons (Fsp3) is 0.375. The summed E-state index contributed by atoms with van der Waals surface area (Å²) >= 11 is 0. The first-order chi connectivity index (χ1) is 32.6. The number of para-hydroxylation sites is 1. The third-order valence-corrected chi connectivity index (χ3v) is 13.9. The molecule has 67 heavy (non-hydrogen) atoms. The van der Waals surface area contributed by atoms with Crippen molar-refractivity contribution in [3.63, 3.8) is 0 Å². The van der Waals surface area contributed by atoms with Crippen LogP contribution in [0.25, 0.3) is 22.3 Å². The standard InChI is InChI=1S/C48H51N13O6/c49-43-41-42(30-6-9-34(10-7-30)67-33-4-2-1-3-5-33)55-61(44(41)51-28-50-43)31-16-18-58(19-17-31)48(66)37-12-14-39(54-53-37)57-22-20-56(21-23-57)25-29-26-59(27-29)32-8-11-35-36(24-32)47(65)60(46(35)64)38-13-15-40(62)52-45(38)63/h1-12,14,24,28-29,31,38,46-47,64-65H,13,15-23,25-27H2,(H2,49,50,51)(H,52,62,63). The number of ether oxygens (including phenoxy) is 1. The summed E-state index contributed by atoms with van der Waals surface area (Å²) in [5, 5.41) is 39.1. The minimum atomic E-state index is -1.15. The Morgan fingerprint density at radius 1 is 0.791 bits per heavy atom. The molecule has 0 aliphatic carbocycles. The van der Waals surface area contributed by atoms with Crippen molar-refractivity contribution in [2.24, 2.45) is 5.92 Å². The van der Waals surface area contributed by atoms with E-state index in [0.29, 0.717) is 77.0 Å². The van der Waals surface area contributed by atoms with Gasteiger partial charge in [-0.05, 0) is 79.9 Å².